The average molecular weight is 457 g/mol. The van der Waals surface area contributed by atoms with Crippen molar-refractivity contribution in [3.8, 4) is 0 Å². The van der Waals surface area contributed by atoms with E-state index in [9.17, 15) is 4.79 Å². The van der Waals surface area contributed by atoms with E-state index in [1.54, 1.807) is 0 Å². The van der Waals surface area contributed by atoms with Crippen LogP contribution in [0, 0.1) is 6.92 Å². The van der Waals surface area contributed by atoms with Crippen molar-refractivity contribution in [3.63, 3.8) is 0 Å². The highest BCUT2D eigenvalue weighted by Crippen LogP contribution is 2.27. The summed E-state index contributed by atoms with van der Waals surface area (Å²) in [5, 5.41) is 0.794. The van der Waals surface area contributed by atoms with Crippen molar-refractivity contribution >= 4 is 23.3 Å². The van der Waals surface area contributed by atoms with E-state index in [-0.39, 0.29) is 5.69 Å². The number of halogens is 1. The third-order valence-electron chi connectivity index (χ3n) is 6.82. The molecule has 0 bridgehead atoms. The zero-order valence-electron chi connectivity index (χ0n) is 19.0. The monoisotopic (exact) mass is 456 g/mol. The number of nitrogens with two attached hydrogens (primary N) is 1. The second kappa shape index (κ2) is 10.1. The van der Waals surface area contributed by atoms with Gasteiger partial charge < -0.3 is 10.6 Å². The molecule has 0 radical (unpaired) electrons. The number of carbonyl (C=O) groups is 1. The fourth-order valence-electron chi connectivity index (χ4n) is 5.07. The first-order valence-electron chi connectivity index (χ1n) is 11.6. The Labute approximate surface area is 195 Å². The van der Waals surface area contributed by atoms with Gasteiger partial charge in [-0.05, 0) is 57.0 Å². The first-order chi connectivity index (χ1) is 15.4. The number of carbonyl (C=O) groups excluding carboxylic acids is 1. The normalized spacial score (nSPS) is 21.1. The van der Waals surface area contributed by atoms with E-state index in [1.807, 2.05) is 19.1 Å². The predicted molar refractivity (Wildman–Crippen MR) is 128 cm³/mol. The van der Waals surface area contributed by atoms with Crippen molar-refractivity contribution in [3.05, 3.63) is 52.4 Å². The number of primary amides is 1. The van der Waals surface area contributed by atoms with Crippen LogP contribution in [0.5, 0.6) is 0 Å². The van der Waals surface area contributed by atoms with Gasteiger partial charge in [-0.3, -0.25) is 14.6 Å². The van der Waals surface area contributed by atoms with Gasteiger partial charge in [-0.2, -0.15) is 0 Å². The molecule has 32 heavy (non-hydrogen) atoms. The molecule has 1 unspecified atom stereocenters. The number of aromatic nitrogens is 2. The average Bonchev–Trinajstić information content (AvgIpc) is 2.80. The van der Waals surface area contributed by atoms with Gasteiger partial charge in [-0.15, -0.1) is 0 Å². The summed E-state index contributed by atoms with van der Waals surface area (Å²) >= 11 is 6.02. The van der Waals surface area contributed by atoms with Gasteiger partial charge in [-0.1, -0.05) is 30.7 Å². The Balaban J connectivity index is 1.34. The summed E-state index contributed by atoms with van der Waals surface area (Å²) in [4.78, 5) is 27.8. The minimum Gasteiger partial charge on any atom is -0.364 e. The highest BCUT2D eigenvalue weighted by atomic mass is 35.5. The molecule has 2 aliphatic rings. The van der Waals surface area contributed by atoms with Crippen molar-refractivity contribution in [2.75, 3.05) is 37.6 Å². The number of nitrogens with zero attached hydrogens (tertiary/aromatic N) is 5. The molecule has 1 aromatic heterocycles. The maximum Gasteiger partial charge on any atom is 0.268 e. The fraction of sp³-hybridized carbons (Fsp3) is 0.542. The van der Waals surface area contributed by atoms with Crippen molar-refractivity contribution < 1.29 is 4.79 Å². The molecule has 8 heteroatoms. The van der Waals surface area contributed by atoms with Crippen molar-refractivity contribution in [2.45, 2.75) is 51.7 Å². The molecular weight excluding hydrogens is 424 g/mol. The van der Waals surface area contributed by atoms with E-state index in [0.717, 1.165) is 62.2 Å². The zero-order chi connectivity index (χ0) is 22.7. The van der Waals surface area contributed by atoms with Gasteiger partial charge in [-0.25, -0.2) is 9.97 Å². The van der Waals surface area contributed by atoms with Gasteiger partial charge in [0.15, 0.2) is 0 Å². The van der Waals surface area contributed by atoms with Crippen molar-refractivity contribution in [1.29, 1.82) is 0 Å². The van der Waals surface area contributed by atoms with Crippen LogP contribution in [0.15, 0.2) is 30.5 Å². The molecule has 1 amide bonds. The largest absolute Gasteiger partial charge is 0.364 e. The van der Waals surface area contributed by atoms with Crippen LogP contribution < -0.4 is 10.6 Å². The SMILES string of the molecule is CCC1CN(c2ncc(C(N)=O)nc2C)CCN1C1CCN(Cc2ccc(Cl)cc2)CC1. The summed E-state index contributed by atoms with van der Waals surface area (Å²) in [5.41, 5.74) is 7.66. The van der Waals surface area contributed by atoms with Crippen LogP contribution in [0.4, 0.5) is 5.82 Å². The molecule has 2 aromatic rings. The third kappa shape index (κ3) is 5.22. The summed E-state index contributed by atoms with van der Waals surface area (Å²) in [6.07, 6.45) is 5.01. The third-order valence-corrected chi connectivity index (χ3v) is 7.07. The maximum absolute atomic E-state index is 11.4. The van der Waals surface area contributed by atoms with E-state index in [4.69, 9.17) is 17.3 Å². The Bertz CT molecular complexity index is 929. The molecule has 2 aliphatic heterocycles. The Morgan fingerprint density at radius 1 is 1.16 bits per heavy atom. The number of hydrogen-bond acceptors (Lipinski definition) is 6. The van der Waals surface area contributed by atoms with Crippen LogP contribution in [0.1, 0.15) is 47.9 Å². The van der Waals surface area contributed by atoms with Crippen LogP contribution in [-0.4, -0.2) is 70.5 Å². The molecule has 172 valence electrons. The first kappa shape index (κ1) is 23.0. The number of benzene rings is 1. The fourth-order valence-corrected chi connectivity index (χ4v) is 5.19. The second-order valence-electron chi connectivity index (χ2n) is 8.91. The van der Waals surface area contributed by atoms with Gasteiger partial charge in [0, 0.05) is 43.3 Å². The maximum atomic E-state index is 11.4. The van der Waals surface area contributed by atoms with E-state index < -0.39 is 5.91 Å². The van der Waals surface area contributed by atoms with Crippen LogP contribution in [0.25, 0.3) is 0 Å². The highest BCUT2D eigenvalue weighted by molar-refractivity contribution is 6.30. The highest BCUT2D eigenvalue weighted by Gasteiger charge is 2.34. The molecule has 1 atom stereocenters. The molecule has 0 aliphatic carbocycles. The summed E-state index contributed by atoms with van der Waals surface area (Å²) < 4.78 is 0. The van der Waals surface area contributed by atoms with E-state index in [0.29, 0.717) is 12.1 Å². The van der Waals surface area contributed by atoms with E-state index in [1.165, 1.54) is 24.6 Å². The van der Waals surface area contributed by atoms with E-state index >= 15 is 0 Å². The first-order valence-corrected chi connectivity index (χ1v) is 11.9. The Kier molecular flexibility index (Phi) is 7.28. The Morgan fingerprint density at radius 3 is 2.50 bits per heavy atom. The lowest BCUT2D eigenvalue weighted by Crippen LogP contribution is -2.58. The molecule has 1 aromatic carbocycles. The van der Waals surface area contributed by atoms with Crippen LogP contribution in [-0.2, 0) is 6.54 Å². The molecular formula is C24H33ClN6O. The minimum absolute atomic E-state index is 0.224. The molecule has 2 N–H and O–H groups in total. The van der Waals surface area contributed by atoms with Crippen molar-refractivity contribution in [2.24, 2.45) is 5.73 Å². The molecule has 2 fully saturated rings. The Morgan fingerprint density at radius 2 is 1.88 bits per heavy atom. The van der Waals surface area contributed by atoms with Gasteiger partial charge in [0.2, 0.25) is 0 Å². The van der Waals surface area contributed by atoms with Crippen LogP contribution >= 0.6 is 11.6 Å². The predicted octanol–water partition coefficient (Wildman–Crippen LogP) is 3.10. The van der Waals surface area contributed by atoms with Gasteiger partial charge >= 0.3 is 0 Å². The second-order valence-corrected chi connectivity index (χ2v) is 9.34. The number of rotatable bonds is 6. The summed E-state index contributed by atoms with van der Waals surface area (Å²) in [6.45, 7) is 10.3. The number of amides is 1. The molecule has 2 saturated heterocycles. The topological polar surface area (TPSA) is 78.6 Å². The standard InChI is InChI=1S/C24H33ClN6O/c1-3-20-16-30(24-17(2)28-22(14-27-24)23(26)32)12-13-31(20)21-8-10-29(11-9-21)15-18-4-6-19(25)7-5-18/h4-7,14,20-21H,3,8-13,15-16H2,1-2H3,(H2,26,32). The van der Waals surface area contributed by atoms with Crippen molar-refractivity contribution in [1.82, 2.24) is 19.8 Å². The summed E-state index contributed by atoms with van der Waals surface area (Å²) in [5.74, 6) is 0.330. The number of piperidine rings is 1. The lowest BCUT2D eigenvalue weighted by Gasteiger charge is -2.47. The molecule has 0 saturated carbocycles. The van der Waals surface area contributed by atoms with Crippen LogP contribution in [0.2, 0.25) is 5.02 Å². The quantitative estimate of drug-likeness (QED) is 0.719. The number of anilines is 1. The van der Waals surface area contributed by atoms with Gasteiger partial charge in [0.1, 0.15) is 11.5 Å². The minimum atomic E-state index is -0.536. The van der Waals surface area contributed by atoms with Crippen LogP contribution in [0.3, 0.4) is 0 Å². The lowest BCUT2D eigenvalue weighted by molar-refractivity contribution is 0.0610. The number of likely N-dealkylation sites (tertiary alicyclic amines) is 1. The number of hydrogen-bond donors (Lipinski definition) is 1. The zero-order valence-corrected chi connectivity index (χ0v) is 19.8. The molecule has 3 heterocycles. The molecule has 7 nitrogen and oxygen atoms in total. The molecule has 0 spiro atoms. The number of aryl methyl sites for hydroxylation is 1. The van der Waals surface area contributed by atoms with E-state index in [2.05, 4.69) is 43.7 Å². The number of piperazine rings is 1. The summed E-state index contributed by atoms with van der Waals surface area (Å²) in [6, 6.07) is 9.33. The lowest BCUT2D eigenvalue weighted by atomic mass is 9.97. The smallest absolute Gasteiger partial charge is 0.268 e. The van der Waals surface area contributed by atoms with Gasteiger partial charge in [0.25, 0.3) is 5.91 Å². The molecule has 4 rings (SSSR count). The van der Waals surface area contributed by atoms with Gasteiger partial charge in [0.05, 0.1) is 11.9 Å². The summed E-state index contributed by atoms with van der Waals surface area (Å²) in [7, 11) is 0. The Hall–Kier alpha value is -2.22.